The van der Waals surface area contributed by atoms with Crippen LogP contribution in [0.15, 0.2) is 41.7 Å². The molecule has 9 nitrogen and oxygen atoms in total. The number of hydrogen-bond acceptors (Lipinski definition) is 7. The number of ether oxygens (including phenoxy) is 1. The summed E-state index contributed by atoms with van der Waals surface area (Å²) < 4.78 is 51.4. The fraction of sp³-hybridized carbons (Fsp3) is 0.556. The number of aryl methyl sites for hydroxylation is 1. The van der Waals surface area contributed by atoms with E-state index in [0.29, 0.717) is 22.2 Å². The maximum absolute atomic E-state index is 13.3. The zero-order valence-electron chi connectivity index (χ0n) is 22.9. The summed E-state index contributed by atoms with van der Waals surface area (Å²) in [6.07, 6.45) is 2.44. The first-order valence-corrected chi connectivity index (χ1v) is 14.4. The molecule has 216 valence electrons. The highest BCUT2D eigenvalue weighted by Crippen LogP contribution is 2.59. The molecular formula is C27H34F3N7O2S. The third-order valence-electron chi connectivity index (χ3n) is 7.66. The number of pyridine rings is 1. The van der Waals surface area contributed by atoms with E-state index in [0.717, 1.165) is 44.3 Å². The van der Waals surface area contributed by atoms with Crippen molar-refractivity contribution < 1.29 is 22.7 Å². The summed E-state index contributed by atoms with van der Waals surface area (Å²) in [7, 11) is 0. The predicted octanol–water partition coefficient (Wildman–Crippen LogP) is 5.80. The van der Waals surface area contributed by atoms with Crippen LogP contribution in [0.5, 0.6) is 5.88 Å². The fourth-order valence-corrected chi connectivity index (χ4v) is 5.62. The minimum absolute atomic E-state index is 0.0649. The van der Waals surface area contributed by atoms with Gasteiger partial charge in [-0.05, 0) is 70.6 Å². The molecule has 13 heteroatoms. The maximum Gasteiger partial charge on any atom is 0.394 e. The number of halogens is 3. The first-order chi connectivity index (χ1) is 19.0. The Morgan fingerprint density at radius 1 is 1.12 bits per heavy atom. The summed E-state index contributed by atoms with van der Waals surface area (Å²) in [5, 5.41) is 9.52. The van der Waals surface area contributed by atoms with E-state index >= 15 is 0 Å². The fourth-order valence-electron chi connectivity index (χ4n) is 5.04. The van der Waals surface area contributed by atoms with Gasteiger partial charge in [-0.15, -0.1) is 5.10 Å². The molecule has 3 aromatic rings. The van der Waals surface area contributed by atoms with Gasteiger partial charge in [-0.3, -0.25) is 14.2 Å². The van der Waals surface area contributed by atoms with Crippen LogP contribution < -0.4 is 14.4 Å². The van der Waals surface area contributed by atoms with Gasteiger partial charge in [-0.2, -0.15) is 18.3 Å². The average Bonchev–Trinajstić information content (AvgIpc) is 3.20. The van der Waals surface area contributed by atoms with E-state index in [1.165, 1.54) is 4.68 Å². The maximum atomic E-state index is 13.3. The Balaban J connectivity index is 1.32. The zero-order chi connectivity index (χ0) is 28.5. The SMILES string of the molecule is CCCn1ccc(SNC(=O)c2ccc(-n3ccc(OCCC4(C(F)(F)F)CC4)n3)nc2N2CCCC2(C)C)n1. The lowest BCUT2D eigenvalue weighted by atomic mass is 10.0. The van der Waals surface area contributed by atoms with Crippen LogP contribution in [0.4, 0.5) is 19.0 Å². The second-order valence-corrected chi connectivity index (χ2v) is 11.9. The Labute approximate surface area is 235 Å². The van der Waals surface area contributed by atoms with Crippen LogP contribution in [0, 0.1) is 5.41 Å². The van der Waals surface area contributed by atoms with E-state index in [9.17, 15) is 18.0 Å². The first-order valence-electron chi connectivity index (χ1n) is 13.6. The van der Waals surface area contributed by atoms with Crippen molar-refractivity contribution in [2.75, 3.05) is 18.1 Å². The van der Waals surface area contributed by atoms with Crippen LogP contribution in [0.3, 0.4) is 0 Å². The number of carbonyl (C=O) groups excluding carboxylic acids is 1. The number of hydrogen-bond donors (Lipinski definition) is 1. The average molecular weight is 578 g/mol. The summed E-state index contributed by atoms with van der Waals surface area (Å²) in [5.41, 5.74) is -1.37. The largest absolute Gasteiger partial charge is 0.477 e. The minimum atomic E-state index is -4.21. The van der Waals surface area contributed by atoms with E-state index in [-0.39, 0.29) is 43.2 Å². The molecular weight excluding hydrogens is 543 g/mol. The van der Waals surface area contributed by atoms with Gasteiger partial charge < -0.3 is 9.64 Å². The minimum Gasteiger partial charge on any atom is -0.477 e. The molecule has 1 saturated heterocycles. The Bertz CT molecular complexity index is 1350. The molecule has 1 aliphatic carbocycles. The third-order valence-corrected chi connectivity index (χ3v) is 8.38. The molecule has 1 N–H and O–H groups in total. The molecule has 1 saturated carbocycles. The second-order valence-electron chi connectivity index (χ2n) is 11.0. The smallest absolute Gasteiger partial charge is 0.394 e. The van der Waals surface area contributed by atoms with Gasteiger partial charge in [0.05, 0.1) is 17.6 Å². The monoisotopic (exact) mass is 577 g/mol. The van der Waals surface area contributed by atoms with Crippen molar-refractivity contribution in [1.29, 1.82) is 0 Å². The first kappa shape index (κ1) is 28.3. The number of nitrogens with one attached hydrogen (secondary N) is 1. The number of alkyl halides is 3. The quantitative estimate of drug-likeness (QED) is 0.288. The Morgan fingerprint density at radius 3 is 2.60 bits per heavy atom. The molecule has 2 fully saturated rings. The van der Waals surface area contributed by atoms with Crippen molar-refractivity contribution in [3.05, 3.63) is 42.2 Å². The Morgan fingerprint density at radius 2 is 1.93 bits per heavy atom. The van der Waals surface area contributed by atoms with Gasteiger partial charge >= 0.3 is 6.18 Å². The van der Waals surface area contributed by atoms with Crippen LogP contribution in [-0.2, 0) is 6.54 Å². The van der Waals surface area contributed by atoms with E-state index in [4.69, 9.17) is 9.72 Å². The van der Waals surface area contributed by atoms with Gasteiger partial charge in [0.25, 0.3) is 5.91 Å². The van der Waals surface area contributed by atoms with E-state index < -0.39 is 11.6 Å². The third kappa shape index (κ3) is 5.93. The van der Waals surface area contributed by atoms with Crippen LogP contribution in [0.25, 0.3) is 5.82 Å². The molecule has 0 aromatic carbocycles. The number of anilines is 1. The highest BCUT2D eigenvalue weighted by atomic mass is 32.2. The zero-order valence-corrected chi connectivity index (χ0v) is 23.7. The van der Waals surface area contributed by atoms with Crippen LogP contribution in [0.1, 0.15) is 69.7 Å². The number of aromatic nitrogens is 5. The molecule has 3 aromatic heterocycles. The summed E-state index contributed by atoms with van der Waals surface area (Å²) in [4.78, 5) is 20.3. The van der Waals surface area contributed by atoms with Gasteiger partial charge in [0.1, 0.15) is 10.8 Å². The van der Waals surface area contributed by atoms with Gasteiger partial charge in [0.15, 0.2) is 5.82 Å². The molecule has 1 aliphatic heterocycles. The summed E-state index contributed by atoms with van der Waals surface area (Å²) >= 11 is 1.16. The number of rotatable bonds is 11. The second kappa shape index (κ2) is 11.0. The molecule has 1 amide bonds. The van der Waals surface area contributed by atoms with Crippen LogP contribution in [-0.4, -0.2) is 55.3 Å². The molecule has 0 bridgehead atoms. The number of nitrogens with zero attached hydrogens (tertiary/aromatic N) is 6. The van der Waals surface area contributed by atoms with Crippen molar-refractivity contribution in [2.24, 2.45) is 5.41 Å². The van der Waals surface area contributed by atoms with E-state index in [2.05, 4.69) is 40.6 Å². The molecule has 2 aliphatic rings. The molecule has 40 heavy (non-hydrogen) atoms. The lowest BCUT2D eigenvalue weighted by Crippen LogP contribution is -2.40. The van der Waals surface area contributed by atoms with Gasteiger partial charge in [-0.25, -0.2) is 9.67 Å². The highest BCUT2D eigenvalue weighted by molar-refractivity contribution is 7.97. The predicted molar refractivity (Wildman–Crippen MR) is 146 cm³/mol. The highest BCUT2D eigenvalue weighted by Gasteiger charge is 2.62. The van der Waals surface area contributed by atoms with Crippen LogP contribution in [0.2, 0.25) is 0 Å². The molecule has 0 spiro atoms. The lowest BCUT2D eigenvalue weighted by Gasteiger charge is -2.34. The van der Waals surface area contributed by atoms with E-state index in [1.807, 2.05) is 16.9 Å². The summed E-state index contributed by atoms with van der Waals surface area (Å²) in [5.74, 6) is 0.968. The summed E-state index contributed by atoms with van der Waals surface area (Å²) in [6.45, 7) is 7.82. The van der Waals surface area contributed by atoms with Crippen molar-refractivity contribution in [3.8, 4) is 11.7 Å². The molecule has 0 atom stereocenters. The number of amides is 1. The van der Waals surface area contributed by atoms with Gasteiger partial charge in [0.2, 0.25) is 5.88 Å². The van der Waals surface area contributed by atoms with E-state index in [1.54, 1.807) is 24.4 Å². The molecule has 5 rings (SSSR count). The van der Waals surface area contributed by atoms with Gasteiger partial charge in [0, 0.05) is 49.0 Å². The van der Waals surface area contributed by atoms with Crippen LogP contribution >= 0.6 is 11.9 Å². The molecule has 4 heterocycles. The van der Waals surface area contributed by atoms with Crippen molar-refractivity contribution >= 4 is 23.7 Å². The normalized spacial score (nSPS) is 17.7. The van der Waals surface area contributed by atoms with Crippen molar-refractivity contribution in [2.45, 2.75) is 82.6 Å². The number of carbonyl (C=O) groups is 1. The van der Waals surface area contributed by atoms with Crippen molar-refractivity contribution in [3.63, 3.8) is 0 Å². The van der Waals surface area contributed by atoms with Gasteiger partial charge in [-0.1, -0.05) is 6.92 Å². The standard InChI is InChI=1S/C27H34F3N7O2S/c1-4-14-35-16-9-22(33-35)40-34-24(38)19-6-7-20(31-23(19)36-15-5-10-25(36,2)3)37-17-8-21(32-37)39-18-13-26(11-12-26)27(28,29)30/h6-9,16-17H,4-5,10-15,18H2,1-3H3,(H,34,38). The Kier molecular flexibility index (Phi) is 7.77. The van der Waals surface area contributed by atoms with Crippen molar-refractivity contribution in [1.82, 2.24) is 29.3 Å². The summed E-state index contributed by atoms with van der Waals surface area (Å²) in [6, 6.07) is 6.88. The topological polar surface area (TPSA) is 90.1 Å². The lowest BCUT2D eigenvalue weighted by molar-refractivity contribution is -0.190. The Hall–Kier alpha value is -3.22. The molecule has 0 unspecified atom stereocenters. The molecule has 0 radical (unpaired) electrons.